The molecule has 0 spiro atoms. The summed E-state index contributed by atoms with van der Waals surface area (Å²) in [5, 5.41) is 2.97. The number of pyridine rings is 1. The first-order valence-corrected chi connectivity index (χ1v) is 6.66. The number of halogens is 4. The lowest BCUT2D eigenvalue weighted by Gasteiger charge is -2.15. The molecule has 1 aromatic carbocycles. The zero-order chi connectivity index (χ0) is 15.5. The third kappa shape index (κ3) is 3.58. The van der Waals surface area contributed by atoms with E-state index in [0.29, 0.717) is 23.8 Å². The molecule has 0 amide bonds. The van der Waals surface area contributed by atoms with Gasteiger partial charge in [-0.15, -0.1) is 11.6 Å². The number of para-hydroxylation sites is 2. The lowest BCUT2D eigenvalue weighted by Crippen LogP contribution is -2.21. The molecule has 1 N–H and O–H groups in total. The van der Waals surface area contributed by atoms with Crippen molar-refractivity contribution in [1.82, 2.24) is 4.57 Å². The van der Waals surface area contributed by atoms with Gasteiger partial charge in [0.25, 0.3) is 5.56 Å². The highest BCUT2D eigenvalue weighted by Gasteiger charge is 2.31. The molecule has 0 saturated heterocycles. The van der Waals surface area contributed by atoms with Gasteiger partial charge >= 0.3 is 6.18 Å². The molecule has 7 heteroatoms. The van der Waals surface area contributed by atoms with E-state index in [2.05, 4.69) is 5.32 Å². The van der Waals surface area contributed by atoms with Gasteiger partial charge in [0.05, 0.1) is 16.9 Å². The Morgan fingerprint density at radius 1 is 1.14 bits per heavy atom. The maximum atomic E-state index is 12.8. The molecule has 21 heavy (non-hydrogen) atoms. The lowest BCUT2D eigenvalue weighted by molar-refractivity contribution is -0.138. The summed E-state index contributed by atoms with van der Waals surface area (Å²) in [5.74, 6) is 0.339. The number of hydrogen-bond donors (Lipinski definition) is 1. The first kappa shape index (κ1) is 15.4. The van der Waals surface area contributed by atoms with E-state index >= 15 is 0 Å². The number of nitrogens with zero attached hydrogens (tertiary/aromatic N) is 1. The Morgan fingerprint density at radius 3 is 2.52 bits per heavy atom. The molecule has 2 rings (SSSR count). The summed E-state index contributed by atoms with van der Waals surface area (Å²) in [6.07, 6.45) is -3.71. The summed E-state index contributed by atoms with van der Waals surface area (Å²) in [4.78, 5) is 11.9. The summed E-state index contributed by atoms with van der Waals surface area (Å²) in [6.45, 7) is 0.437. The first-order valence-electron chi connectivity index (χ1n) is 6.12. The van der Waals surface area contributed by atoms with E-state index in [1.54, 1.807) is 24.3 Å². The van der Waals surface area contributed by atoms with Gasteiger partial charge in [0.2, 0.25) is 0 Å². The molecule has 0 fully saturated rings. The van der Waals surface area contributed by atoms with Crippen molar-refractivity contribution < 1.29 is 13.2 Å². The van der Waals surface area contributed by atoms with Gasteiger partial charge in [-0.25, -0.2) is 0 Å². The Morgan fingerprint density at radius 2 is 1.86 bits per heavy atom. The van der Waals surface area contributed by atoms with Gasteiger partial charge in [-0.1, -0.05) is 12.1 Å². The fraction of sp³-hybridized carbons (Fsp3) is 0.214. The molecule has 1 heterocycles. The summed E-state index contributed by atoms with van der Waals surface area (Å²) >= 11 is 5.59. The van der Waals surface area contributed by atoms with Crippen LogP contribution in [-0.2, 0) is 6.18 Å². The molecule has 0 unspecified atom stereocenters. The highest BCUT2D eigenvalue weighted by Crippen LogP contribution is 2.29. The van der Waals surface area contributed by atoms with E-state index in [-0.39, 0.29) is 0 Å². The van der Waals surface area contributed by atoms with Crippen molar-refractivity contribution in [2.24, 2.45) is 0 Å². The summed E-state index contributed by atoms with van der Waals surface area (Å²) in [7, 11) is 0. The Bertz CT molecular complexity index is 682. The van der Waals surface area contributed by atoms with Crippen LogP contribution in [0.2, 0.25) is 0 Å². The van der Waals surface area contributed by atoms with Crippen molar-refractivity contribution in [3.05, 3.63) is 58.5 Å². The van der Waals surface area contributed by atoms with E-state index in [9.17, 15) is 18.0 Å². The van der Waals surface area contributed by atoms with Crippen molar-refractivity contribution in [1.29, 1.82) is 0 Å². The Balaban J connectivity index is 2.54. The second kappa shape index (κ2) is 6.22. The second-order valence-electron chi connectivity index (χ2n) is 4.26. The minimum Gasteiger partial charge on any atom is -0.382 e. The predicted molar refractivity (Wildman–Crippen MR) is 76.3 cm³/mol. The van der Waals surface area contributed by atoms with E-state index in [1.807, 2.05) is 0 Å². The fourth-order valence-electron chi connectivity index (χ4n) is 1.86. The molecule has 1 aromatic heterocycles. The third-order valence-corrected chi connectivity index (χ3v) is 3.00. The van der Waals surface area contributed by atoms with Gasteiger partial charge in [-0.3, -0.25) is 9.36 Å². The second-order valence-corrected chi connectivity index (χ2v) is 4.63. The van der Waals surface area contributed by atoms with Crippen LogP contribution in [0.4, 0.5) is 18.9 Å². The Hall–Kier alpha value is -1.95. The van der Waals surface area contributed by atoms with Crippen LogP contribution in [0.25, 0.3) is 5.69 Å². The van der Waals surface area contributed by atoms with Gasteiger partial charge in [-0.05, 0) is 18.2 Å². The number of nitrogens with one attached hydrogen (secondary N) is 1. The molecule has 0 atom stereocenters. The monoisotopic (exact) mass is 316 g/mol. The molecule has 0 saturated carbocycles. The summed E-state index contributed by atoms with van der Waals surface area (Å²) in [6, 6.07) is 8.29. The largest absolute Gasteiger partial charge is 0.417 e. The van der Waals surface area contributed by atoms with Crippen molar-refractivity contribution in [3.63, 3.8) is 0 Å². The van der Waals surface area contributed by atoms with Crippen LogP contribution in [0.3, 0.4) is 0 Å². The molecule has 0 aliphatic heterocycles. The highest BCUT2D eigenvalue weighted by atomic mass is 35.5. The van der Waals surface area contributed by atoms with Gasteiger partial charge in [0.15, 0.2) is 0 Å². The highest BCUT2D eigenvalue weighted by molar-refractivity contribution is 6.18. The van der Waals surface area contributed by atoms with E-state index < -0.39 is 17.3 Å². The Kier molecular flexibility index (Phi) is 4.57. The van der Waals surface area contributed by atoms with Crippen LogP contribution in [0.5, 0.6) is 0 Å². The number of hydrogen-bond acceptors (Lipinski definition) is 2. The normalized spacial score (nSPS) is 11.4. The summed E-state index contributed by atoms with van der Waals surface area (Å²) in [5.41, 5.74) is -0.532. The molecule has 0 radical (unpaired) electrons. The van der Waals surface area contributed by atoms with E-state index in [1.165, 1.54) is 0 Å². The average Bonchev–Trinajstić information content (AvgIpc) is 2.45. The number of aromatic nitrogens is 1. The van der Waals surface area contributed by atoms with Gasteiger partial charge in [-0.2, -0.15) is 13.2 Å². The standard InChI is InChI=1S/C14H12ClF3N2O/c15-7-8-19-11-3-1-2-4-12(11)20-9-10(14(16,17)18)5-6-13(20)21/h1-6,9,19H,7-8H2. The van der Waals surface area contributed by atoms with Crippen molar-refractivity contribution >= 4 is 17.3 Å². The van der Waals surface area contributed by atoms with Crippen LogP contribution in [-0.4, -0.2) is 17.0 Å². The van der Waals surface area contributed by atoms with Gasteiger partial charge in [0.1, 0.15) is 0 Å². The van der Waals surface area contributed by atoms with Crippen molar-refractivity contribution in [3.8, 4) is 5.69 Å². The smallest absolute Gasteiger partial charge is 0.382 e. The predicted octanol–water partition coefficient (Wildman–Crippen LogP) is 3.51. The first-order chi connectivity index (χ1) is 9.93. The van der Waals surface area contributed by atoms with Crippen LogP contribution in [0.1, 0.15) is 5.56 Å². The minimum atomic E-state index is -4.51. The van der Waals surface area contributed by atoms with Crippen LogP contribution < -0.4 is 10.9 Å². The van der Waals surface area contributed by atoms with E-state index in [0.717, 1.165) is 22.9 Å². The van der Waals surface area contributed by atoms with Crippen LogP contribution in [0.15, 0.2) is 47.4 Å². The number of alkyl halides is 4. The van der Waals surface area contributed by atoms with Crippen LogP contribution >= 0.6 is 11.6 Å². The maximum absolute atomic E-state index is 12.8. The molecular weight excluding hydrogens is 305 g/mol. The van der Waals surface area contributed by atoms with E-state index in [4.69, 9.17) is 11.6 Å². The van der Waals surface area contributed by atoms with Gasteiger partial charge < -0.3 is 5.32 Å². The molecule has 0 aliphatic carbocycles. The number of anilines is 1. The quantitative estimate of drug-likeness (QED) is 0.876. The van der Waals surface area contributed by atoms with Crippen molar-refractivity contribution in [2.45, 2.75) is 6.18 Å². The number of rotatable bonds is 4. The zero-order valence-corrected chi connectivity index (χ0v) is 11.6. The molecule has 2 aromatic rings. The Labute approximate surface area is 124 Å². The van der Waals surface area contributed by atoms with Gasteiger partial charge in [0, 0.05) is 24.7 Å². The minimum absolute atomic E-state index is 0.339. The number of benzene rings is 1. The lowest BCUT2D eigenvalue weighted by atomic mass is 10.2. The molecule has 0 bridgehead atoms. The third-order valence-electron chi connectivity index (χ3n) is 2.81. The molecule has 3 nitrogen and oxygen atoms in total. The van der Waals surface area contributed by atoms with Crippen molar-refractivity contribution in [2.75, 3.05) is 17.7 Å². The topological polar surface area (TPSA) is 34.0 Å². The zero-order valence-electron chi connectivity index (χ0n) is 10.8. The maximum Gasteiger partial charge on any atom is 0.417 e. The molecule has 0 aliphatic rings. The van der Waals surface area contributed by atoms with Crippen LogP contribution in [0, 0.1) is 0 Å². The SMILES string of the molecule is O=c1ccc(C(F)(F)F)cn1-c1ccccc1NCCCl. The molecular formula is C14H12ClF3N2O. The fourth-order valence-corrected chi connectivity index (χ4v) is 1.95. The summed E-state index contributed by atoms with van der Waals surface area (Å²) < 4.78 is 39.3. The molecule has 112 valence electrons. The average molecular weight is 317 g/mol.